The SMILES string of the molecule is CCCC/C=C(/C=C/c1ccccc1)C(=O)OCC. The Balaban J connectivity index is 2.76. The zero-order valence-electron chi connectivity index (χ0n) is 11.8. The third-order valence-electron chi connectivity index (χ3n) is 2.69. The summed E-state index contributed by atoms with van der Waals surface area (Å²) in [5, 5.41) is 0. The highest BCUT2D eigenvalue weighted by atomic mass is 16.5. The topological polar surface area (TPSA) is 26.3 Å². The van der Waals surface area contributed by atoms with Gasteiger partial charge in [-0.15, -0.1) is 0 Å². The second-order valence-corrected chi connectivity index (χ2v) is 4.27. The largest absolute Gasteiger partial charge is 0.462 e. The lowest BCUT2D eigenvalue weighted by Gasteiger charge is -2.03. The average molecular weight is 258 g/mol. The molecule has 0 fully saturated rings. The molecular weight excluding hydrogens is 236 g/mol. The molecular formula is C17H22O2. The zero-order chi connectivity index (χ0) is 13.9. The van der Waals surface area contributed by atoms with Crippen molar-refractivity contribution in [2.75, 3.05) is 6.61 Å². The molecule has 0 aliphatic carbocycles. The van der Waals surface area contributed by atoms with Gasteiger partial charge in [-0.3, -0.25) is 0 Å². The monoisotopic (exact) mass is 258 g/mol. The van der Waals surface area contributed by atoms with Gasteiger partial charge in [0.25, 0.3) is 0 Å². The molecule has 0 atom stereocenters. The summed E-state index contributed by atoms with van der Waals surface area (Å²) in [7, 11) is 0. The molecule has 0 heterocycles. The molecule has 0 saturated carbocycles. The van der Waals surface area contributed by atoms with E-state index in [-0.39, 0.29) is 5.97 Å². The number of unbranched alkanes of at least 4 members (excludes halogenated alkanes) is 2. The van der Waals surface area contributed by atoms with Crippen LogP contribution in [-0.2, 0) is 9.53 Å². The van der Waals surface area contributed by atoms with Crippen LogP contribution in [0, 0.1) is 0 Å². The minimum absolute atomic E-state index is 0.245. The van der Waals surface area contributed by atoms with E-state index in [4.69, 9.17) is 4.74 Å². The van der Waals surface area contributed by atoms with E-state index in [0.29, 0.717) is 12.2 Å². The maximum atomic E-state index is 11.8. The summed E-state index contributed by atoms with van der Waals surface area (Å²) in [6, 6.07) is 9.94. The van der Waals surface area contributed by atoms with E-state index in [9.17, 15) is 4.79 Å². The molecule has 102 valence electrons. The van der Waals surface area contributed by atoms with E-state index >= 15 is 0 Å². The average Bonchev–Trinajstić information content (AvgIpc) is 2.44. The number of carbonyl (C=O) groups is 1. The minimum atomic E-state index is -0.245. The summed E-state index contributed by atoms with van der Waals surface area (Å²) in [6.45, 7) is 4.36. The fourth-order valence-electron chi connectivity index (χ4n) is 1.65. The molecule has 0 unspecified atom stereocenters. The Morgan fingerprint density at radius 2 is 1.95 bits per heavy atom. The van der Waals surface area contributed by atoms with Crippen molar-refractivity contribution in [1.82, 2.24) is 0 Å². The number of rotatable bonds is 7. The van der Waals surface area contributed by atoms with Crippen molar-refractivity contribution in [2.24, 2.45) is 0 Å². The van der Waals surface area contributed by atoms with Crippen molar-refractivity contribution in [3.63, 3.8) is 0 Å². The van der Waals surface area contributed by atoms with Crippen LogP contribution in [0.2, 0.25) is 0 Å². The quantitative estimate of drug-likeness (QED) is 0.314. The normalized spacial score (nSPS) is 11.8. The van der Waals surface area contributed by atoms with E-state index < -0.39 is 0 Å². The summed E-state index contributed by atoms with van der Waals surface area (Å²) in [5.74, 6) is -0.245. The Labute approximate surface area is 115 Å². The van der Waals surface area contributed by atoms with Gasteiger partial charge in [-0.25, -0.2) is 4.79 Å². The van der Waals surface area contributed by atoms with Crippen LogP contribution in [0.15, 0.2) is 48.1 Å². The lowest BCUT2D eigenvalue weighted by Crippen LogP contribution is -2.06. The van der Waals surface area contributed by atoms with Gasteiger partial charge < -0.3 is 4.74 Å². The highest BCUT2D eigenvalue weighted by molar-refractivity contribution is 5.92. The van der Waals surface area contributed by atoms with E-state index in [1.165, 1.54) is 0 Å². The number of benzene rings is 1. The van der Waals surface area contributed by atoms with Crippen molar-refractivity contribution < 1.29 is 9.53 Å². The first-order valence-corrected chi connectivity index (χ1v) is 6.88. The molecule has 1 rings (SSSR count). The second-order valence-electron chi connectivity index (χ2n) is 4.27. The number of esters is 1. The van der Waals surface area contributed by atoms with Crippen molar-refractivity contribution in [3.05, 3.63) is 53.6 Å². The molecule has 1 aromatic rings. The molecule has 0 radical (unpaired) electrons. The molecule has 0 N–H and O–H groups in total. The third-order valence-corrected chi connectivity index (χ3v) is 2.69. The summed E-state index contributed by atoms with van der Waals surface area (Å²) < 4.78 is 5.06. The van der Waals surface area contributed by atoms with Gasteiger partial charge in [0.05, 0.1) is 12.2 Å². The Hall–Kier alpha value is -1.83. The van der Waals surface area contributed by atoms with Gasteiger partial charge in [-0.1, -0.05) is 62.2 Å². The van der Waals surface area contributed by atoms with E-state index in [1.807, 2.05) is 55.5 Å². The number of hydrogen-bond donors (Lipinski definition) is 0. The number of carbonyl (C=O) groups excluding carboxylic acids is 1. The highest BCUT2D eigenvalue weighted by Gasteiger charge is 2.06. The van der Waals surface area contributed by atoms with Crippen molar-refractivity contribution >= 4 is 12.0 Å². The fourth-order valence-corrected chi connectivity index (χ4v) is 1.65. The van der Waals surface area contributed by atoms with E-state index in [2.05, 4.69) is 6.92 Å². The molecule has 2 nitrogen and oxygen atoms in total. The van der Waals surface area contributed by atoms with Crippen LogP contribution in [0.1, 0.15) is 38.7 Å². The molecule has 19 heavy (non-hydrogen) atoms. The lowest BCUT2D eigenvalue weighted by molar-refractivity contribution is -0.138. The molecule has 0 aromatic heterocycles. The lowest BCUT2D eigenvalue weighted by atomic mass is 10.1. The first-order chi connectivity index (χ1) is 9.27. The zero-order valence-corrected chi connectivity index (χ0v) is 11.8. The van der Waals surface area contributed by atoms with Crippen LogP contribution >= 0.6 is 0 Å². The minimum Gasteiger partial charge on any atom is -0.462 e. The molecule has 1 aromatic carbocycles. The van der Waals surface area contributed by atoms with Crippen LogP contribution < -0.4 is 0 Å². The van der Waals surface area contributed by atoms with Crippen molar-refractivity contribution in [3.8, 4) is 0 Å². The first-order valence-electron chi connectivity index (χ1n) is 6.88. The van der Waals surface area contributed by atoms with Gasteiger partial charge in [-0.05, 0) is 25.0 Å². The number of allylic oxidation sites excluding steroid dienone is 1. The van der Waals surface area contributed by atoms with Gasteiger partial charge in [0.1, 0.15) is 0 Å². The van der Waals surface area contributed by atoms with E-state index in [0.717, 1.165) is 24.8 Å². The third kappa shape index (κ3) is 6.05. The smallest absolute Gasteiger partial charge is 0.337 e. The van der Waals surface area contributed by atoms with Gasteiger partial charge in [0.2, 0.25) is 0 Å². The molecule has 0 aliphatic heterocycles. The van der Waals surface area contributed by atoms with Gasteiger partial charge in [0, 0.05) is 0 Å². The van der Waals surface area contributed by atoms with E-state index in [1.54, 1.807) is 0 Å². The summed E-state index contributed by atoms with van der Waals surface area (Å²) in [5.41, 5.74) is 1.72. The number of hydrogen-bond acceptors (Lipinski definition) is 2. The highest BCUT2D eigenvalue weighted by Crippen LogP contribution is 2.09. The Bertz CT molecular complexity index is 430. The fraction of sp³-hybridized carbons (Fsp3) is 0.353. The maximum absolute atomic E-state index is 11.8. The summed E-state index contributed by atoms with van der Waals surface area (Å²) in [4.78, 5) is 11.8. The second kappa shape index (κ2) is 9.15. The molecule has 0 spiro atoms. The van der Waals surface area contributed by atoms with Gasteiger partial charge in [0.15, 0.2) is 0 Å². The molecule has 0 bridgehead atoms. The van der Waals surface area contributed by atoms with Crippen molar-refractivity contribution in [2.45, 2.75) is 33.1 Å². The molecule has 2 heteroatoms. The predicted molar refractivity (Wildman–Crippen MR) is 79.7 cm³/mol. The van der Waals surface area contributed by atoms with Crippen LogP contribution in [-0.4, -0.2) is 12.6 Å². The molecule has 0 amide bonds. The van der Waals surface area contributed by atoms with Crippen LogP contribution in [0.5, 0.6) is 0 Å². The molecule has 0 saturated heterocycles. The van der Waals surface area contributed by atoms with Gasteiger partial charge >= 0.3 is 5.97 Å². The van der Waals surface area contributed by atoms with Crippen molar-refractivity contribution in [1.29, 1.82) is 0 Å². The van der Waals surface area contributed by atoms with Crippen LogP contribution in [0.25, 0.3) is 6.08 Å². The molecule has 0 aliphatic rings. The van der Waals surface area contributed by atoms with Crippen LogP contribution in [0.3, 0.4) is 0 Å². The Morgan fingerprint density at radius 1 is 1.21 bits per heavy atom. The maximum Gasteiger partial charge on any atom is 0.337 e. The Kier molecular flexibility index (Phi) is 7.33. The standard InChI is InChI=1S/C17H22O2/c1-3-5-7-12-16(17(18)19-4-2)14-13-15-10-8-6-9-11-15/h6,8-14H,3-5,7H2,1-2H3/b14-13+,16-12-. The van der Waals surface area contributed by atoms with Gasteiger partial charge in [-0.2, -0.15) is 0 Å². The summed E-state index contributed by atoms with van der Waals surface area (Å²) in [6.07, 6.45) is 8.85. The van der Waals surface area contributed by atoms with Crippen LogP contribution in [0.4, 0.5) is 0 Å². The predicted octanol–water partition coefficient (Wildman–Crippen LogP) is 4.38. The summed E-state index contributed by atoms with van der Waals surface area (Å²) >= 11 is 0. The number of ether oxygens (including phenoxy) is 1. The first kappa shape index (κ1) is 15.2. The Morgan fingerprint density at radius 3 is 2.58 bits per heavy atom.